The second kappa shape index (κ2) is 8.76. The molecule has 1 unspecified atom stereocenters. The predicted octanol–water partition coefficient (Wildman–Crippen LogP) is 3.57. The zero-order chi connectivity index (χ0) is 9.23. The number of carbonyl (C=O) groups is 1. The van der Waals surface area contributed by atoms with Crippen LogP contribution in [0.4, 0.5) is 0 Å². The van der Waals surface area contributed by atoms with Crippen LogP contribution in [0.1, 0.15) is 58.8 Å². The lowest BCUT2D eigenvalue weighted by Gasteiger charge is -2.07. The summed E-state index contributed by atoms with van der Waals surface area (Å²) in [5.41, 5.74) is 0. The van der Waals surface area contributed by atoms with Gasteiger partial charge in [-0.05, 0) is 12.8 Å². The molecule has 0 amide bonds. The Bertz CT molecular complexity index is 99.2. The van der Waals surface area contributed by atoms with E-state index in [1.54, 1.807) is 0 Å². The average molecular weight is 170 g/mol. The van der Waals surface area contributed by atoms with Crippen molar-refractivity contribution in [2.75, 3.05) is 0 Å². The van der Waals surface area contributed by atoms with E-state index in [0.717, 1.165) is 25.5 Å². The lowest BCUT2D eigenvalue weighted by Crippen LogP contribution is -2.00. The summed E-state index contributed by atoms with van der Waals surface area (Å²) in [6.45, 7) is 4.35. The van der Waals surface area contributed by atoms with E-state index in [1.165, 1.54) is 25.7 Å². The quantitative estimate of drug-likeness (QED) is 0.402. The molecular formula is C11H22O. The van der Waals surface area contributed by atoms with E-state index in [-0.39, 0.29) is 0 Å². The minimum Gasteiger partial charge on any atom is -0.303 e. The van der Waals surface area contributed by atoms with Gasteiger partial charge in [0.15, 0.2) is 0 Å². The van der Waals surface area contributed by atoms with Gasteiger partial charge in [-0.3, -0.25) is 0 Å². The fourth-order valence-corrected chi connectivity index (χ4v) is 1.48. The molecule has 0 aromatic rings. The van der Waals surface area contributed by atoms with Gasteiger partial charge < -0.3 is 4.79 Å². The Hall–Kier alpha value is -0.330. The summed E-state index contributed by atoms with van der Waals surface area (Å²) in [6, 6.07) is 0. The Labute approximate surface area is 76.6 Å². The van der Waals surface area contributed by atoms with Crippen LogP contribution in [0.25, 0.3) is 0 Å². The molecule has 0 aliphatic rings. The van der Waals surface area contributed by atoms with Crippen LogP contribution in [0, 0.1) is 5.92 Å². The van der Waals surface area contributed by atoms with Crippen LogP contribution in [-0.2, 0) is 4.79 Å². The van der Waals surface area contributed by atoms with Gasteiger partial charge >= 0.3 is 0 Å². The Morgan fingerprint density at radius 3 is 2.25 bits per heavy atom. The molecule has 72 valence electrons. The highest BCUT2D eigenvalue weighted by atomic mass is 16.1. The third-order valence-corrected chi connectivity index (χ3v) is 2.28. The molecule has 0 rings (SSSR count). The second-order valence-electron chi connectivity index (χ2n) is 3.53. The van der Waals surface area contributed by atoms with Crippen LogP contribution in [0.3, 0.4) is 0 Å². The number of rotatable bonds is 8. The maximum absolute atomic E-state index is 10.6. The summed E-state index contributed by atoms with van der Waals surface area (Å²) < 4.78 is 0. The molecule has 0 N–H and O–H groups in total. The maximum atomic E-state index is 10.6. The first-order valence-corrected chi connectivity index (χ1v) is 5.30. The molecule has 0 aliphatic carbocycles. The van der Waals surface area contributed by atoms with Crippen molar-refractivity contribution in [2.45, 2.75) is 58.8 Å². The molecule has 0 bridgehead atoms. The number of carbonyl (C=O) groups excluding carboxylic acids is 1. The molecule has 0 aromatic heterocycles. The monoisotopic (exact) mass is 170 g/mol. The van der Waals surface area contributed by atoms with Crippen LogP contribution in [0.15, 0.2) is 0 Å². The second-order valence-corrected chi connectivity index (χ2v) is 3.53. The third-order valence-electron chi connectivity index (χ3n) is 2.28. The zero-order valence-corrected chi connectivity index (χ0v) is 8.51. The summed E-state index contributed by atoms with van der Waals surface area (Å²) in [5.74, 6) is 0.340. The molecule has 12 heavy (non-hydrogen) atoms. The Balaban J connectivity index is 3.25. The van der Waals surface area contributed by atoms with Gasteiger partial charge in [-0.2, -0.15) is 0 Å². The Morgan fingerprint density at radius 1 is 1.00 bits per heavy atom. The van der Waals surface area contributed by atoms with Crippen LogP contribution in [0.5, 0.6) is 0 Å². The van der Waals surface area contributed by atoms with Gasteiger partial charge in [-0.1, -0.05) is 46.0 Å². The Kier molecular flexibility index (Phi) is 8.52. The summed E-state index contributed by atoms with van der Waals surface area (Å²) in [4.78, 5) is 10.6. The van der Waals surface area contributed by atoms with Gasteiger partial charge in [-0.15, -0.1) is 0 Å². The van der Waals surface area contributed by atoms with Gasteiger partial charge in [-0.25, -0.2) is 0 Å². The van der Waals surface area contributed by atoms with Crippen molar-refractivity contribution < 1.29 is 4.79 Å². The van der Waals surface area contributed by atoms with E-state index in [2.05, 4.69) is 13.8 Å². The minimum absolute atomic E-state index is 0.340. The molecule has 0 radical (unpaired) electrons. The largest absolute Gasteiger partial charge is 0.303 e. The molecule has 0 saturated heterocycles. The molecular weight excluding hydrogens is 148 g/mol. The average Bonchev–Trinajstić information content (AvgIpc) is 2.10. The van der Waals surface area contributed by atoms with E-state index in [0.29, 0.717) is 5.92 Å². The van der Waals surface area contributed by atoms with E-state index in [4.69, 9.17) is 0 Å². The van der Waals surface area contributed by atoms with E-state index >= 15 is 0 Å². The van der Waals surface area contributed by atoms with Crippen molar-refractivity contribution in [1.82, 2.24) is 0 Å². The smallest absolute Gasteiger partial charge is 0.123 e. The summed E-state index contributed by atoms with van der Waals surface area (Å²) in [6.07, 6.45) is 9.58. The first kappa shape index (κ1) is 11.7. The highest BCUT2D eigenvalue weighted by molar-refractivity contribution is 5.53. The lowest BCUT2D eigenvalue weighted by molar-refractivity contribution is -0.111. The van der Waals surface area contributed by atoms with Gasteiger partial charge in [0.1, 0.15) is 6.29 Å². The van der Waals surface area contributed by atoms with E-state index in [9.17, 15) is 4.79 Å². The van der Waals surface area contributed by atoms with Crippen molar-refractivity contribution >= 4 is 6.29 Å². The number of unbranched alkanes of at least 4 members (excludes halogenated alkanes) is 3. The van der Waals surface area contributed by atoms with Gasteiger partial charge in [0.25, 0.3) is 0 Å². The van der Waals surface area contributed by atoms with Crippen LogP contribution >= 0.6 is 0 Å². The van der Waals surface area contributed by atoms with Gasteiger partial charge in [0.2, 0.25) is 0 Å². The van der Waals surface area contributed by atoms with Crippen molar-refractivity contribution in [1.29, 1.82) is 0 Å². The molecule has 0 aromatic carbocycles. The van der Waals surface area contributed by atoms with Crippen LogP contribution in [0.2, 0.25) is 0 Å². The SMILES string of the molecule is CCCCCCC(C=O)CCC. The van der Waals surface area contributed by atoms with E-state index < -0.39 is 0 Å². The molecule has 1 nitrogen and oxygen atoms in total. The summed E-state index contributed by atoms with van der Waals surface area (Å²) >= 11 is 0. The first-order chi connectivity index (χ1) is 5.85. The molecule has 0 fully saturated rings. The molecule has 0 aliphatic heterocycles. The fraction of sp³-hybridized carbons (Fsp3) is 0.909. The van der Waals surface area contributed by atoms with Crippen molar-refractivity contribution in [3.8, 4) is 0 Å². The minimum atomic E-state index is 0.340. The number of hydrogen-bond donors (Lipinski definition) is 0. The highest BCUT2D eigenvalue weighted by Crippen LogP contribution is 2.13. The molecule has 1 heteroatoms. The molecule has 0 heterocycles. The van der Waals surface area contributed by atoms with Crippen LogP contribution in [-0.4, -0.2) is 6.29 Å². The predicted molar refractivity (Wildman–Crippen MR) is 53.2 cm³/mol. The zero-order valence-electron chi connectivity index (χ0n) is 8.51. The number of aldehydes is 1. The normalized spacial score (nSPS) is 12.8. The number of hydrogen-bond acceptors (Lipinski definition) is 1. The third kappa shape index (κ3) is 6.38. The summed E-state index contributed by atoms with van der Waals surface area (Å²) in [5, 5.41) is 0. The highest BCUT2D eigenvalue weighted by Gasteiger charge is 2.04. The molecule has 0 saturated carbocycles. The first-order valence-electron chi connectivity index (χ1n) is 5.30. The van der Waals surface area contributed by atoms with E-state index in [1.807, 2.05) is 0 Å². The Morgan fingerprint density at radius 2 is 1.75 bits per heavy atom. The van der Waals surface area contributed by atoms with Crippen molar-refractivity contribution in [3.05, 3.63) is 0 Å². The van der Waals surface area contributed by atoms with Crippen molar-refractivity contribution in [3.63, 3.8) is 0 Å². The van der Waals surface area contributed by atoms with Gasteiger partial charge in [0.05, 0.1) is 0 Å². The van der Waals surface area contributed by atoms with Crippen molar-refractivity contribution in [2.24, 2.45) is 5.92 Å². The molecule has 0 spiro atoms. The van der Waals surface area contributed by atoms with Crippen LogP contribution < -0.4 is 0 Å². The van der Waals surface area contributed by atoms with Gasteiger partial charge in [0, 0.05) is 5.92 Å². The topological polar surface area (TPSA) is 17.1 Å². The standard InChI is InChI=1S/C11H22O/c1-3-5-6-7-9-11(10-12)8-4-2/h10-11H,3-9H2,1-2H3. The molecule has 1 atom stereocenters. The fourth-order valence-electron chi connectivity index (χ4n) is 1.48. The summed E-state index contributed by atoms with van der Waals surface area (Å²) in [7, 11) is 0. The lowest BCUT2D eigenvalue weighted by atomic mass is 9.98. The maximum Gasteiger partial charge on any atom is 0.123 e.